The number of hydrogen-bond acceptors (Lipinski definition) is 2. The maximum atomic E-state index is 6.17. The smallest absolute Gasteiger partial charge is 0.159 e. The molecule has 0 saturated carbocycles. The summed E-state index contributed by atoms with van der Waals surface area (Å²) in [6, 6.07) is 16.5. The third kappa shape index (κ3) is 3.02. The maximum Gasteiger partial charge on any atom is 0.159 e. The van der Waals surface area contributed by atoms with E-state index in [1.807, 2.05) is 36.2 Å². The molecule has 122 valence electrons. The van der Waals surface area contributed by atoms with Crippen LogP contribution in [0, 0.1) is 10.5 Å². The lowest BCUT2D eigenvalue weighted by molar-refractivity contribution is 1.02. The molecule has 0 aliphatic carbocycles. The summed E-state index contributed by atoms with van der Waals surface area (Å²) in [7, 11) is 5.31. The summed E-state index contributed by atoms with van der Waals surface area (Å²) < 4.78 is 3.07. The number of H-pyrrole nitrogens is 1. The number of hydrogen-bond donors (Lipinski definition) is 1. The quantitative estimate of drug-likeness (QED) is 0.269. The average Bonchev–Trinajstić information content (AvgIpc) is 3.16. The zero-order valence-electron chi connectivity index (χ0n) is 13.9. The highest BCUT2D eigenvalue weighted by molar-refractivity contribution is 14.1. The van der Waals surface area contributed by atoms with Gasteiger partial charge in [-0.3, -0.25) is 4.45 Å². The van der Waals surface area contributed by atoms with Crippen LogP contribution in [0.1, 0.15) is 5.69 Å². The van der Waals surface area contributed by atoms with Crippen molar-refractivity contribution in [1.29, 1.82) is 0 Å². The number of halogens is 1. The Morgan fingerprint density at radius 1 is 1.12 bits per heavy atom. The van der Waals surface area contributed by atoms with Gasteiger partial charge in [0.05, 0.1) is 11.2 Å². The molecule has 1 unspecified atom stereocenters. The van der Waals surface area contributed by atoms with Crippen LogP contribution in [0.3, 0.4) is 0 Å². The van der Waals surface area contributed by atoms with E-state index in [4.69, 9.17) is 17.6 Å². The van der Waals surface area contributed by atoms with E-state index in [0.29, 0.717) is 0 Å². The minimum absolute atomic E-state index is 0.777. The fourth-order valence-corrected chi connectivity index (χ4v) is 4.18. The SMILES string of the molecule is [B]P(C)n1nc(-c2nc(-c3ccccc3)c(C)[nH]2)c2cc(I)ccc21. The third-order valence-electron chi connectivity index (χ3n) is 4.08. The summed E-state index contributed by atoms with van der Waals surface area (Å²) in [6.45, 7) is 4.03. The number of nitrogens with zero attached hydrogens (tertiary/aromatic N) is 3. The molecule has 0 spiro atoms. The molecular formula is C18H15BIN4P. The molecule has 0 amide bonds. The van der Waals surface area contributed by atoms with Crippen molar-refractivity contribution in [3.63, 3.8) is 0 Å². The van der Waals surface area contributed by atoms with Gasteiger partial charge in [-0.25, -0.2) is 4.98 Å². The van der Waals surface area contributed by atoms with Crippen LogP contribution >= 0.6 is 30.5 Å². The predicted molar refractivity (Wildman–Crippen MR) is 114 cm³/mol. The van der Waals surface area contributed by atoms with E-state index < -0.39 is 7.95 Å². The molecule has 0 saturated heterocycles. The number of imidazole rings is 1. The number of benzene rings is 2. The minimum Gasteiger partial charge on any atom is -0.340 e. The molecule has 0 aliphatic heterocycles. The molecule has 4 nitrogen and oxygen atoms in total. The van der Waals surface area contributed by atoms with E-state index in [9.17, 15) is 0 Å². The lowest BCUT2D eigenvalue weighted by Crippen LogP contribution is -1.93. The molecular weight excluding hydrogens is 441 g/mol. The Kier molecular flexibility index (Phi) is 4.42. The number of aromatic amines is 1. The van der Waals surface area contributed by atoms with Gasteiger partial charge in [0, 0.05) is 20.2 Å². The molecule has 7 heteroatoms. The highest BCUT2D eigenvalue weighted by atomic mass is 127. The van der Waals surface area contributed by atoms with Crippen LogP contribution in [0.5, 0.6) is 0 Å². The monoisotopic (exact) mass is 456 g/mol. The summed E-state index contributed by atoms with van der Waals surface area (Å²) in [4.78, 5) is 8.24. The summed E-state index contributed by atoms with van der Waals surface area (Å²) in [5.74, 6) is 0.777. The number of aryl methyl sites for hydroxylation is 1. The van der Waals surface area contributed by atoms with Crippen LogP contribution in [-0.4, -0.2) is 33.7 Å². The number of aromatic nitrogens is 4. The van der Waals surface area contributed by atoms with Gasteiger partial charge in [-0.1, -0.05) is 30.3 Å². The topological polar surface area (TPSA) is 46.5 Å². The number of rotatable bonds is 3. The van der Waals surface area contributed by atoms with Crippen LogP contribution in [0.4, 0.5) is 0 Å². The first-order chi connectivity index (χ1) is 12.0. The Hall–Kier alpha value is -1.66. The Balaban J connectivity index is 1.92. The molecule has 4 rings (SSSR count). The van der Waals surface area contributed by atoms with E-state index in [1.165, 1.54) is 0 Å². The molecule has 25 heavy (non-hydrogen) atoms. The van der Waals surface area contributed by atoms with Crippen molar-refractivity contribution < 1.29 is 0 Å². The zero-order chi connectivity index (χ0) is 17.6. The largest absolute Gasteiger partial charge is 0.340 e. The van der Waals surface area contributed by atoms with E-state index in [0.717, 1.165) is 42.9 Å². The first-order valence-corrected chi connectivity index (χ1v) is 10.7. The second-order valence-corrected chi connectivity index (χ2v) is 8.67. The normalized spacial score (nSPS) is 12.6. The van der Waals surface area contributed by atoms with Crippen molar-refractivity contribution in [3.8, 4) is 22.8 Å². The Bertz CT molecular complexity index is 1060. The van der Waals surface area contributed by atoms with Crippen molar-refractivity contribution >= 4 is 49.0 Å². The van der Waals surface area contributed by atoms with Crippen molar-refractivity contribution in [1.82, 2.24) is 19.5 Å². The summed E-state index contributed by atoms with van der Waals surface area (Å²) in [6.07, 6.45) is 0. The van der Waals surface area contributed by atoms with E-state index in [-0.39, 0.29) is 0 Å². The summed E-state index contributed by atoms with van der Waals surface area (Å²) >= 11 is 2.32. The molecule has 2 aromatic carbocycles. The van der Waals surface area contributed by atoms with Gasteiger partial charge in [0.1, 0.15) is 13.3 Å². The lowest BCUT2D eigenvalue weighted by Gasteiger charge is -2.07. The molecule has 2 radical (unpaired) electrons. The Morgan fingerprint density at radius 3 is 2.60 bits per heavy atom. The van der Waals surface area contributed by atoms with Gasteiger partial charge >= 0.3 is 0 Å². The highest BCUT2D eigenvalue weighted by Gasteiger charge is 2.18. The molecule has 1 N–H and O–H groups in total. The van der Waals surface area contributed by atoms with E-state index >= 15 is 0 Å². The van der Waals surface area contributed by atoms with Crippen molar-refractivity contribution in [3.05, 3.63) is 57.8 Å². The highest BCUT2D eigenvalue weighted by Crippen LogP contribution is 2.37. The number of nitrogens with one attached hydrogen (secondary N) is 1. The second-order valence-electron chi connectivity index (χ2n) is 5.90. The predicted octanol–water partition coefficient (Wildman–Crippen LogP) is 4.96. The molecule has 1 atom stereocenters. The van der Waals surface area contributed by atoms with Gasteiger partial charge in [0.2, 0.25) is 0 Å². The van der Waals surface area contributed by atoms with Crippen LogP contribution in [0.25, 0.3) is 33.7 Å². The lowest BCUT2D eigenvalue weighted by atomic mass is 10.1. The summed E-state index contributed by atoms with van der Waals surface area (Å²) in [5, 5.41) is 5.84. The number of fused-ring (bicyclic) bond motifs is 1. The van der Waals surface area contributed by atoms with Gasteiger partial charge in [-0.15, -0.1) is 0 Å². The zero-order valence-corrected chi connectivity index (χ0v) is 16.9. The first kappa shape index (κ1) is 16.8. The Morgan fingerprint density at radius 2 is 1.88 bits per heavy atom. The molecule has 2 aromatic heterocycles. The van der Waals surface area contributed by atoms with Gasteiger partial charge in [0.25, 0.3) is 0 Å². The van der Waals surface area contributed by atoms with Crippen LogP contribution in [0.2, 0.25) is 0 Å². The van der Waals surface area contributed by atoms with E-state index in [1.54, 1.807) is 0 Å². The Labute approximate surface area is 162 Å². The first-order valence-electron chi connectivity index (χ1n) is 7.84. The van der Waals surface area contributed by atoms with Gasteiger partial charge in [0.15, 0.2) is 5.82 Å². The fourth-order valence-electron chi connectivity index (χ4n) is 2.94. The van der Waals surface area contributed by atoms with Gasteiger partial charge in [-0.05, 0) is 62.3 Å². The van der Waals surface area contributed by atoms with E-state index in [2.05, 4.69) is 57.9 Å². The van der Waals surface area contributed by atoms with Crippen molar-refractivity contribution in [2.45, 2.75) is 6.92 Å². The standard InChI is InChI=1S/C18H15BIN4P/c1-11-16(12-6-4-3-5-7-12)22-18(21-11)17-14-10-13(20)8-9-15(14)24(23-17)25(2)19/h3-10H,1-2H3,(H,21,22). The van der Waals surface area contributed by atoms with Crippen molar-refractivity contribution in [2.24, 2.45) is 0 Å². The average molecular weight is 456 g/mol. The minimum atomic E-state index is -0.858. The molecule has 0 aliphatic rings. The molecule has 4 aromatic rings. The summed E-state index contributed by atoms with van der Waals surface area (Å²) in [5.41, 5.74) is 4.97. The van der Waals surface area contributed by atoms with Gasteiger partial charge < -0.3 is 4.98 Å². The second kappa shape index (κ2) is 6.58. The fraction of sp³-hybridized carbons (Fsp3) is 0.111. The maximum absolute atomic E-state index is 6.17. The molecule has 2 heterocycles. The van der Waals surface area contributed by atoms with Crippen LogP contribution in [0.15, 0.2) is 48.5 Å². The molecule has 0 bridgehead atoms. The van der Waals surface area contributed by atoms with Crippen molar-refractivity contribution in [2.75, 3.05) is 6.66 Å². The van der Waals surface area contributed by atoms with Gasteiger partial charge in [-0.2, -0.15) is 5.10 Å². The van der Waals surface area contributed by atoms with Crippen LogP contribution < -0.4 is 0 Å². The molecule has 0 fully saturated rings. The van der Waals surface area contributed by atoms with Crippen LogP contribution in [-0.2, 0) is 0 Å². The third-order valence-corrected chi connectivity index (χ3v) is 5.65.